The number of piperidine rings is 1. The molecule has 1 aliphatic rings. The van der Waals surface area contributed by atoms with Crippen molar-refractivity contribution in [1.82, 2.24) is 4.90 Å². The summed E-state index contributed by atoms with van der Waals surface area (Å²) in [5, 5.41) is 11.5. The standard InChI is InChI=1S/C13H16N2O3/c1-10-8-13(15(17)18,9-14(2)12(10)16)11-6-4-3-5-7-11/h3-7,10H,8-9H2,1-2H3/t10-,13-/m0/s1. The van der Waals surface area contributed by atoms with Gasteiger partial charge in [-0.3, -0.25) is 14.9 Å². The van der Waals surface area contributed by atoms with E-state index in [-0.39, 0.29) is 29.7 Å². The number of nitrogens with zero attached hydrogens (tertiary/aromatic N) is 2. The van der Waals surface area contributed by atoms with Gasteiger partial charge in [0.1, 0.15) is 0 Å². The number of rotatable bonds is 2. The maximum absolute atomic E-state index is 11.8. The highest BCUT2D eigenvalue weighted by Gasteiger charge is 2.52. The van der Waals surface area contributed by atoms with Crippen LogP contribution in [0.3, 0.4) is 0 Å². The molecule has 0 radical (unpaired) electrons. The third-order valence-corrected chi connectivity index (χ3v) is 3.60. The van der Waals surface area contributed by atoms with Crippen molar-refractivity contribution in [3.8, 4) is 0 Å². The summed E-state index contributed by atoms with van der Waals surface area (Å²) in [5.41, 5.74) is -0.509. The molecule has 1 aromatic carbocycles. The number of likely N-dealkylation sites (N-methyl/N-ethyl adjacent to an activating group) is 1. The molecule has 5 nitrogen and oxygen atoms in total. The van der Waals surface area contributed by atoms with Crippen molar-refractivity contribution in [2.75, 3.05) is 13.6 Å². The largest absolute Gasteiger partial charge is 0.338 e. The van der Waals surface area contributed by atoms with Crippen LogP contribution < -0.4 is 0 Å². The first kappa shape index (κ1) is 12.5. The highest BCUT2D eigenvalue weighted by molar-refractivity contribution is 5.79. The van der Waals surface area contributed by atoms with E-state index in [9.17, 15) is 14.9 Å². The van der Waals surface area contributed by atoms with E-state index in [0.717, 1.165) is 0 Å². The predicted molar refractivity (Wildman–Crippen MR) is 66.5 cm³/mol. The van der Waals surface area contributed by atoms with E-state index < -0.39 is 5.54 Å². The number of hydrogen-bond acceptors (Lipinski definition) is 3. The van der Waals surface area contributed by atoms with Crippen LogP contribution in [-0.4, -0.2) is 29.3 Å². The molecule has 0 aromatic heterocycles. The minimum atomic E-state index is -1.18. The Morgan fingerprint density at radius 1 is 1.39 bits per heavy atom. The smallest absolute Gasteiger partial charge is 0.265 e. The lowest BCUT2D eigenvalue weighted by Crippen LogP contribution is -2.54. The first-order valence-corrected chi connectivity index (χ1v) is 5.92. The van der Waals surface area contributed by atoms with Crippen molar-refractivity contribution in [2.24, 2.45) is 5.92 Å². The lowest BCUT2D eigenvalue weighted by atomic mass is 9.78. The summed E-state index contributed by atoms with van der Waals surface area (Å²) >= 11 is 0. The van der Waals surface area contributed by atoms with Crippen LogP contribution >= 0.6 is 0 Å². The summed E-state index contributed by atoms with van der Waals surface area (Å²) in [7, 11) is 1.62. The molecule has 0 aliphatic carbocycles. The van der Waals surface area contributed by atoms with Gasteiger partial charge in [-0.25, -0.2) is 0 Å². The molecule has 18 heavy (non-hydrogen) atoms. The van der Waals surface area contributed by atoms with Crippen LogP contribution in [0.1, 0.15) is 18.9 Å². The first-order chi connectivity index (χ1) is 8.47. The van der Waals surface area contributed by atoms with Gasteiger partial charge < -0.3 is 4.90 Å². The van der Waals surface area contributed by atoms with Crippen LogP contribution in [0.2, 0.25) is 0 Å². The minimum absolute atomic E-state index is 0.0246. The van der Waals surface area contributed by atoms with E-state index in [4.69, 9.17) is 0 Å². The van der Waals surface area contributed by atoms with Crippen LogP contribution in [-0.2, 0) is 10.3 Å². The van der Waals surface area contributed by atoms with Crippen molar-refractivity contribution in [1.29, 1.82) is 0 Å². The topological polar surface area (TPSA) is 63.5 Å². The molecule has 1 aromatic rings. The van der Waals surface area contributed by atoms with Crippen LogP contribution in [0.25, 0.3) is 0 Å². The molecule has 2 atom stereocenters. The Morgan fingerprint density at radius 2 is 2.00 bits per heavy atom. The van der Waals surface area contributed by atoms with E-state index in [2.05, 4.69) is 0 Å². The van der Waals surface area contributed by atoms with Gasteiger partial charge in [0.05, 0.1) is 6.54 Å². The van der Waals surface area contributed by atoms with E-state index in [0.29, 0.717) is 5.56 Å². The summed E-state index contributed by atoms with van der Waals surface area (Å²) in [6.45, 7) is 1.88. The molecule has 0 spiro atoms. The molecule has 2 rings (SSSR count). The van der Waals surface area contributed by atoms with Crippen molar-refractivity contribution >= 4 is 5.91 Å². The average Bonchev–Trinajstić information content (AvgIpc) is 2.36. The minimum Gasteiger partial charge on any atom is -0.338 e. The predicted octanol–water partition coefficient (Wildman–Crippen LogP) is 1.66. The Labute approximate surface area is 106 Å². The fraction of sp³-hybridized carbons (Fsp3) is 0.462. The molecule has 96 valence electrons. The number of amides is 1. The van der Waals surface area contributed by atoms with E-state index in [1.54, 1.807) is 38.2 Å². The number of hydrogen-bond donors (Lipinski definition) is 0. The molecule has 1 fully saturated rings. The second-order valence-electron chi connectivity index (χ2n) is 4.95. The SMILES string of the molecule is C[C@H]1C[C@](c2ccccc2)([N+](=O)[O-])CN(C)C1=O. The summed E-state index contributed by atoms with van der Waals surface area (Å²) in [6.07, 6.45) is 0.257. The van der Waals surface area contributed by atoms with E-state index >= 15 is 0 Å². The van der Waals surface area contributed by atoms with E-state index in [1.807, 2.05) is 6.07 Å². The molecule has 5 heteroatoms. The molecule has 0 unspecified atom stereocenters. The summed E-state index contributed by atoms with van der Waals surface area (Å²) < 4.78 is 0. The number of likely N-dealkylation sites (tertiary alicyclic amines) is 1. The van der Waals surface area contributed by atoms with Gasteiger partial charge in [0.15, 0.2) is 0 Å². The van der Waals surface area contributed by atoms with Crippen molar-refractivity contribution in [3.05, 3.63) is 46.0 Å². The number of carbonyl (C=O) groups is 1. The van der Waals surface area contributed by atoms with Crippen LogP contribution in [0.15, 0.2) is 30.3 Å². The van der Waals surface area contributed by atoms with Crippen molar-refractivity contribution in [2.45, 2.75) is 18.9 Å². The van der Waals surface area contributed by atoms with Gasteiger partial charge in [-0.1, -0.05) is 37.3 Å². The van der Waals surface area contributed by atoms with Gasteiger partial charge in [0.2, 0.25) is 5.91 Å². The lowest BCUT2D eigenvalue weighted by Gasteiger charge is -2.37. The zero-order valence-corrected chi connectivity index (χ0v) is 10.5. The number of benzene rings is 1. The van der Waals surface area contributed by atoms with Gasteiger partial charge in [-0.2, -0.15) is 0 Å². The van der Waals surface area contributed by atoms with Gasteiger partial charge in [-0.15, -0.1) is 0 Å². The lowest BCUT2D eigenvalue weighted by molar-refractivity contribution is -0.583. The Hall–Kier alpha value is -1.91. The fourth-order valence-electron chi connectivity index (χ4n) is 2.70. The summed E-state index contributed by atoms with van der Waals surface area (Å²) in [6, 6.07) is 8.94. The Morgan fingerprint density at radius 3 is 2.50 bits per heavy atom. The summed E-state index contributed by atoms with van der Waals surface area (Å²) in [4.78, 5) is 24.5. The Balaban J connectivity index is 2.47. The first-order valence-electron chi connectivity index (χ1n) is 5.92. The van der Waals surface area contributed by atoms with Crippen LogP contribution in [0.4, 0.5) is 0 Å². The van der Waals surface area contributed by atoms with Crippen molar-refractivity contribution in [3.63, 3.8) is 0 Å². The zero-order chi connectivity index (χ0) is 13.3. The molecular weight excluding hydrogens is 232 g/mol. The van der Waals surface area contributed by atoms with Crippen molar-refractivity contribution < 1.29 is 9.72 Å². The van der Waals surface area contributed by atoms with Gasteiger partial charge in [-0.05, 0) is 0 Å². The molecule has 0 saturated carbocycles. The second kappa shape index (κ2) is 4.40. The fourth-order valence-corrected chi connectivity index (χ4v) is 2.70. The second-order valence-corrected chi connectivity index (χ2v) is 4.95. The normalized spacial score (nSPS) is 28.2. The van der Waals surface area contributed by atoms with E-state index in [1.165, 1.54) is 4.90 Å². The Bertz CT molecular complexity index is 458. The maximum Gasteiger partial charge on any atom is 0.265 e. The zero-order valence-electron chi connectivity index (χ0n) is 10.5. The number of carbonyl (C=O) groups excluding carboxylic acids is 1. The highest BCUT2D eigenvalue weighted by atomic mass is 16.6. The molecule has 1 amide bonds. The van der Waals surface area contributed by atoms with Gasteiger partial charge in [0, 0.05) is 29.9 Å². The molecule has 1 saturated heterocycles. The molecule has 0 bridgehead atoms. The summed E-state index contributed by atoms with van der Waals surface area (Å²) in [5.74, 6) is -0.349. The van der Waals surface area contributed by atoms with Crippen LogP contribution in [0.5, 0.6) is 0 Å². The third-order valence-electron chi connectivity index (χ3n) is 3.60. The maximum atomic E-state index is 11.8. The average molecular weight is 248 g/mol. The van der Waals surface area contributed by atoms with Crippen LogP contribution in [0, 0.1) is 16.0 Å². The Kier molecular flexibility index (Phi) is 3.07. The highest BCUT2D eigenvalue weighted by Crippen LogP contribution is 2.37. The molecule has 0 N–H and O–H groups in total. The van der Waals surface area contributed by atoms with Gasteiger partial charge in [0.25, 0.3) is 5.54 Å². The molecule has 1 aliphatic heterocycles. The van der Waals surface area contributed by atoms with Gasteiger partial charge >= 0.3 is 0 Å². The third kappa shape index (κ3) is 1.85. The quantitative estimate of drug-likeness (QED) is 0.590. The number of nitro groups is 1. The molecular formula is C13H16N2O3. The monoisotopic (exact) mass is 248 g/mol. The molecule has 1 heterocycles.